The van der Waals surface area contributed by atoms with Gasteiger partial charge in [0.2, 0.25) is 5.91 Å². The molecular weight excluding hydrogens is 447 g/mol. The highest BCUT2D eigenvalue weighted by Crippen LogP contribution is 2.38. The third-order valence-corrected chi connectivity index (χ3v) is 6.72. The Balaban J connectivity index is 1.25. The van der Waals surface area contributed by atoms with Crippen LogP contribution in [0, 0.1) is 0 Å². The molecule has 182 valence electrons. The first kappa shape index (κ1) is 24.2. The number of hydrogen-bond acceptors (Lipinski definition) is 4. The molecule has 2 aliphatic rings. The van der Waals surface area contributed by atoms with E-state index in [0.717, 1.165) is 37.5 Å². The molecule has 0 bridgehead atoms. The maximum Gasteiger partial charge on any atom is 0.416 e. The van der Waals surface area contributed by atoms with Gasteiger partial charge in [0.1, 0.15) is 0 Å². The van der Waals surface area contributed by atoms with E-state index in [1.165, 1.54) is 11.6 Å². The van der Waals surface area contributed by atoms with Crippen molar-refractivity contribution in [1.82, 2.24) is 15.5 Å². The highest BCUT2D eigenvalue weighted by atomic mass is 19.4. The van der Waals surface area contributed by atoms with Gasteiger partial charge in [-0.3, -0.25) is 14.5 Å². The molecule has 2 aromatic carbocycles. The van der Waals surface area contributed by atoms with Crippen molar-refractivity contribution in [2.24, 2.45) is 0 Å². The molecule has 2 fully saturated rings. The molecule has 0 unspecified atom stereocenters. The molecule has 0 radical (unpaired) electrons. The van der Waals surface area contributed by atoms with Gasteiger partial charge in [-0.15, -0.1) is 0 Å². The van der Waals surface area contributed by atoms with Gasteiger partial charge in [0.15, 0.2) is 0 Å². The largest absolute Gasteiger partial charge is 0.416 e. The van der Waals surface area contributed by atoms with E-state index in [4.69, 9.17) is 0 Å². The summed E-state index contributed by atoms with van der Waals surface area (Å²) in [4.78, 5) is 26.7. The van der Waals surface area contributed by atoms with Gasteiger partial charge in [-0.1, -0.05) is 36.4 Å². The number of rotatable bonds is 6. The van der Waals surface area contributed by atoms with Crippen LogP contribution in [0.15, 0.2) is 54.6 Å². The van der Waals surface area contributed by atoms with E-state index in [2.05, 4.69) is 27.7 Å². The number of amides is 2. The van der Waals surface area contributed by atoms with Gasteiger partial charge >= 0.3 is 6.18 Å². The molecule has 1 saturated carbocycles. The zero-order chi connectivity index (χ0) is 24.3. The Hall–Kier alpha value is -2.91. The second-order valence-corrected chi connectivity index (χ2v) is 9.03. The number of carbonyl (C=O) groups is 2. The van der Waals surface area contributed by atoms with E-state index in [1.807, 2.05) is 18.2 Å². The molecule has 4 rings (SSSR count). The molecule has 0 aromatic heterocycles. The van der Waals surface area contributed by atoms with E-state index in [0.29, 0.717) is 25.0 Å². The third kappa shape index (κ3) is 5.77. The van der Waals surface area contributed by atoms with E-state index in [-0.39, 0.29) is 5.56 Å². The van der Waals surface area contributed by atoms with Crippen LogP contribution in [0.3, 0.4) is 0 Å². The summed E-state index contributed by atoms with van der Waals surface area (Å²) in [6.07, 6.45) is -2.16. The summed E-state index contributed by atoms with van der Waals surface area (Å²) < 4.78 is 38.5. The number of alkyl halides is 3. The number of hydrogen-bond donors (Lipinski definition) is 3. The molecule has 34 heavy (non-hydrogen) atoms. The molecular formula is C25H28F3N3O3. The SMILES string of the molecule is O=C(CNC(=O)c1cccc(C(F)(F)F)c1)N[C@H]1CN([C@H]2CC[C@@H](c3ccccc3)C2)C[C@@H]1O. The molecule has 1 saturated heterocycles. The molecule has 1 aliphatic carbocycles. The summed E-state index contributed by atoms with van der Waals surface area (Å²) in [5.41, 5.74) is 0.218. The van der Waals surface area contributed by atoms with Crippen molar-refractivity contribution in [3.8, 4) is 0 Å². The van der Waals surface area contributed by atoms with Crippen molar-refractivity contribution in [3.63, 3.8) is 0 Å². The van der Waals surface area contributed by atoms with Crippen LogP contribution in [-0.2, 0) is 11.0 Å². The smallest absolute Gasteiger partial charge is 0.390 e. The van der Waals surface area contributed by atoms with Crippen molar-refractivity contribution in [2.75, 3.05) is 19.6 Å². The van der Waals surface area contributed by atoms with Crippen molar-refractivity contribution < 1.29 is 27.9 Å². The van der Waals surface area contributed by atoms with Crippen molar-refractivity contribution >= 4 is 11.8 Å². The summed E-state index contributed by atoms with van der Waals surface area (Å²) in [7, 11) is 0. The highest BCUT2D eigenvalue weighted by molar-refractivity contribution is 5.96. The lowest BCUT2D eigenvalue weighted by molar-refractivity contribution is -0.137. The highest BCUT2D eigenvalue weighted by Gasteiger charge is 2.39. The van der Waals surface area contributed by atoms with Gasteiger partial charge in [-0.25, -0.2) is 0 Å². The minimum Gasteiger partial charge on any atom is -0.390 e. The van der Waals surface area contributed by atoms with Crippen LogP contribution in [0.4, 0.5) is 13.2 Å². The van der Waals surface area contributed by atoms with Gasteiger partial charge < -0.3 is 15.7 Å². The Morgan fingerprint density at radius 3 is 2.53 bits per heavy atom. The maximum absolute atomic E-state index is 12.8. The van der Waals surface area contributed by atoms with E-state index < -0.39 is 42.2 Å². The standard InChI is InChI=1S/C25H28F3N3O3/c26-25(27,28)19-8-4-7-18(11-19)24(34)29-13-23(33)30-21-14-31(15-22(21)32)20-10-9-17(12-20)16-5-2-1-3-6-16/h1-8,11,17,20-22,32H,9-10,12-15H2,(H,29,34)(H,30,33)/t17-,20+,21+,22+/m1/s1. The predicted molar refractivity (Wildman–Crippen MR) is 120 cm³/mol. The molecule has 4 atom stereocenters. The van der Waals surface area contributed by atoms with Crippen LogP contribution in [0.2, 0.25) is 0 Å². The fraction of sp³-hybridized carbons (Fsp3) is 0.440. The normalized spacial score (nSPS) is 25.3. The Labute approximate surface area is 196 Å². The van der Waals surface area contributed by atoms with Crippen LogP contribution in [0.1, 0.15) is 46.7 Å². The van der Waals surface area contributed by atoms with E-state index >= 15 is 0 Å². The topological polar surface area (TPSA) is 81.7 Å². The van der Waals surface area contributed by atoms with Gasteiger partial charge in [0.25, 0.3) is 5.91 Å². The van der Waals surface area contributed by atoms with Crippen molar-refractivity contribution in [2.45, 2.75) is 49.5 Å². The molecule has 0 spiro atoms. The molecule has 3 N–H and O–H groups in total. The Morgan fingerprint density at radius 2 is 1.79 bits per heavy atom. The van der Waals surface area contributed by atoms with Gasteiger partial charge in [0.05, 0.1) is 24.3 Å². The maximum atomic E-state index is 12.8. The third-order valence-electron chi connectivity index (χ3n) is 6.72. The fourth-order valence-electron chi connectivity index (χ4n) is 4.93. The molecule has 2 aromatic rings. The first-order valence-corrected chi connectivity index (χ1v) is 11.4. The first-order chi connectivity index (χ1) is 16.2. The number of likely N-dealkylation sites (tertiary alicyclic amines) is 1. The molecule has 1 aliphatic heterocycles. The first-order valence-electron chi connectivity index (χ1n) is 11.4. The Morgan fingerprint density at radius 1 is 1.03 bits per heavy atom. The van der Waals surface area contributed by atoms with Crippen molar-refractivity contribution in [3.05, 3.63) is 71.3 Å². The van der Waals surface area contributed by atoms with Crippen molar-refractivity contribution in [1.29, 1.82) is 0 Å². The van der Waals surface area contributed by atoms with Crippen LogP contribution >= 0.6 is 0 Å². The summed E-state index contributed by atoms with van der Waals surface area (Å²) in [5.74, 6) is -0.782. The monoisotopic (exact) mass is 475 g/mol. The summed E-state index contributed by atoms with van der Waals surface area (Å²) in [6, 6.07) is 14.3. The number of aliphatic hydroxyl groups excluding tert-OH is 1. The van der Waals surface area contributed by atoms with E-state index in [1.54, 1.807) is 0 Å². The number of nitrogens with one attached hydrogen (secondary N) is 2. The lowest BCUT2D eigenvalue weighted by Crippen LogP contribution is -2.47. The summed E-state index contributed by atoms with van der Waals surface area (Å²) in [5, 5.41) is 15.5. The molecule has 6 nitrogen and oxygen atoms in total. The lowest BCUT2D eigenvalue weighted by Gasteiger charge is -2.24. The number of carbonyl (C=O) groups excluding carboxylic acids is 2. The zero-order valence-corrected chi connectivity index (χ0v) is 18.6. The predicted octanol–water partition coefficient (Wildman–Crippen LogP) is 2.93. The zero-order valence-electron chi connectivity index (χ0n) is 18.6. The second-order valence-electron chi connectivity index (χ2n) is 9.03. The number of nitrogens with zero attached hydrogens (tertiary/aromatic N) is 1. The van der Waals surface area contributed by atoms with Crippen LogP contribution in [-0.4, -0.2) is 59.6 Å². The quantitative estimate of drug-likeness (QED) is 0.600. The molecule has 1 heterocycles. The van der Waals surface area contributed by atoms with Gasteiger partial charge in [0, 0.05) is 24.7 Å². The van der Waals surface area contributed by atoms with Crippen LogP contribution in [0.5, 0.6) is 0 Å². The minimum atomic E-state index is -4.56. The minimum absolute atomic E-state index is 0.177. The lowest BCUT2D eigenvalue weighted by atomic mass is 9.97. The molecule has 9 heteroatoms. The van der Waals surface area contributed by atoms with Gasteiger partial charge in [-0.2, -0.15) is 13.2 Å². The fourth-order valence-corrected chi connectivity index (χ4v) is 4.93. The van der Waals surface area contributed by atoms with Crippen LogP contribution in [0.25, 0.3) is 0 Å². The number of aliphatic hydroxyl groups is 1. The second kappa shape index (κ2) is 10.1. The Bertz CT molecular complexity index is 1020. The number of benzene rings is 2. The average molecular weight is 476 g/mol. The summed E-state index contributed by atoms with van der Waals surface area (Å²) in [6.45, 7) is 0.589. The van der Waals surface area contributed by atoms with Gasteiger partial charge in [-0.05, 0) is 48.9 Å². The summed E-state index contributed by atoms with van der Waals surface area (Å²) >= 11 is 0. The average Bonchev–Trinajstić information content (AvgIpc) is 3.45. The van der Waals surface area contributed by atoms with E-state index in [9.17, 15) is 27.9 Å². The van der Waals surface area contributed by atoms with Crippen LogP contribution < -0.4 is 10.6 Å². The number of halogens is 3. The molecule has 2 amide bonds. The number of β-amino-alcohol motifs (C(OH)–C–C–N with tert-alkyl or cyclic N) is 1. The Kier molecular flexibility index (Phi) is 7.23.